The molecule has 1 saturated carbocycles. The Bertz CT molecular complexity index is 941. The Balaban J connectivity index is 1.90. The summed E-state index contributed by atoms with van der Waals surface area (Å²) in [5.41, 5.74) is -1.99. The second kappa shape index (κ2) is 8.00. The first kappa shape index (κ1) is 23.4. The van der Waals surface area contributed by atoms with Gasteiger partial charge in [0.2, 0.25) is 0 Å². The standard InChI is InChI=1S/C19H31N2O8P/c1-6-19(5,29-30(25,26)11(2)22)10-12-9-13(16-15(12)27-18(3,4)28-16)21-8-7-14(23)20-17(21)24/h7-8,11-13,15-16,22H,6,9-10H2,1-5H3,(H,25,26)(H,20,23,24)/t11?,12-,13-,15-,16+,19?/m1/s1. The van der Waals surface area contributed by atoms with E-state index in [1.807, 2.05) is 6.92 Å². The van der Waals surface area contributed by atoms with Crippen LogP contribution in [0.1, 0.15) is 59.9 Å². The molecular formula is C19H31N2O8P. The third-order valence-electron chi connectivity index (χ3n) is 6.03. The van der Waals surface area contributed by atoms with Gasteiger partial charge in [0.1, 0.15) is 6.10 Å². The molecule has 3 rings (SSSR count). The molecular weight excluding hydrogens is 415 g/mol. The summed E-state index contributed by atoms with van der Waals surface area (Å²) in [5.74, 6) is -2.50. The number of rotatable bonds is 7. The number of hydrogen-bond donors (Lipinski definition) is 3. The van der Waals surface area contributed by atoms with Gasteiger partial charge in [-0.2, -0.15) is 0 Å². The van der Waals surface area contributed by atoms with E-state index >= 15 is 0 Å². The van der Waals surface area contributed by atoms with Crippen LogP contribution in [0.25, 0.3) is 0 Å². The number of aliphatic hydroxyl groups is 1. The zero-order chi connectivity index (χ0) is 22.5. The molecule has 10 nitrogen and oxygen atoms in total. The summed E-state index contributed by atoms with van der Waals surface area (Å²) in [4.78, 5) is 36.1. The first-order valence-electron chi connectivity index (χ1n) is 10.2. The largest absolute Gasteiger partial charge is 0.381 e. The summed E-state index contributed by atoms with van der Waals surface area (Å²) in [6, 6.07) is 0.916. The zero-order valence-electron chi connectivity index (χ0n) is 17.9. The fraction of sp³-hybridized carbons (Fsp3) is 0.789. The van der Waals surface area contributed by atoms with Gasteiger partial charge in [-0.05, 0) is 52.9 Å². The van der Waals surface area contributed by atoms with E-state index in [0.717, 1.165) is 0 Å². The Kier molecular flexibility index (Phi) is 6.23. The number of H-pyrrole nitrogens is 1. The maximum absolute atomic E-state index is 12.4. The van der Waals surface area contributed by atoms with Crippen molar-refractivity contribution in [1.82, 2.24) is 9.55 Å². The minimum atomic E-state index is -4.21. The molecule has 30 heavy (non-hydrogen) atoms. The number of aliphatic hydroxyl groups excluding tert-OH is 1. The molecule has 2 heterocycles. The summed E-state index contributed by atoms with van der Waals surface area (Å²) in [5, 5.41) is 9.61. The number of hydrogen-bond acceptors (Lipinski definition) is 7. The highest BCUT2D eigenvalue weighted by Gasteiger charge is 2.56. The van der Waals surface area contributed by atoms with Crippen molar-refractivity contribution in [3.63, 3.8) is 0 Å². The Morgan fingerprint density at radius 3 is 2.60 bits per heavy atom. The Morgan fingerprint density at radius 1 is 1.40 bits per heavy atom. The van der Waals surface area contributed by atoms with Crippen LogP contribution in [0.5, 0.6) is 0 Å². The van der Waals surface area contributed by atoms with E-state index in [1.165, 1.54) is 23.8 Å². The summed E-state index contributed by atoms with van der Waals surface area (Å²) in [6.07, 6.45) is 1.98. The van der Waals surface area contributed by atoms with E-state index in [9.17, 15) is 24.2 Å². The van der Waals surface area contributed by atoms with E-state index < -0.39 is 42.2 Å². The predicted molar refractivity (Wildman–Crippen MR) is 108 cm³/mol. The predicted octanol–water partition coefficient (Wildman–Crippen LogP) is 1.72. The number of aromatic amines is 1. The summed E-state index contributed by atoms with van der Waals surface area (Å²) < 4.78 is 31.5. The van der Waals surface area contributed by atoms with Gasteiger partial charge in [-0.25, -0.2) is 4.79 Å². The molecule has 11 heteroatoms. The molecule has 2 fully saturated rings. The average Bonchev–Trinajstić information content (AvgIpc) is 3.08. The van der Waals surface area contributed by atoms with Crippen molar-refractivity contribution in [2.24, 2.45) is 5.92 Å². The smallest absolute Gasteiger partial charge is 0.356 e. The number of nitrogens with one attached hydrogen (secondary N) is 1. The van der Waals surface area contributed by atoms with E-state index in [0.29, 0.717) is 19.3 Å². The van der Waals surface area contributed by atoms with Gasteiger partial charge in [-0.15, -0.1) is 0 Å². The third kappa shape index (κ3) is 4.64. The van der Waals surface area contributed by atoms with E-state index in [-0.39, 0.29) is 18.1 Å². The van der Waals surface area contributed by atoms with Crippen LogP contribution in [-0.2, 0) is 18.6 Å². The van der Waals surface area contributed by atoms with Crippen molar-refractivity contribution >= 4 is 7.60 Å². The number of ether oxygens (including phenoxy) is 2. The van der Waals surface area contributed by atoms with Gasteiger partial charge >= 0.3 is 13.3 Å². The Morgan fingerprint density at radius 2 is 2.03 bits per heavy atom. The van der Waals surface area contributed by atoms with Gasteiger partial charge in [-0.1, -0.05) is 6.92 Å². The number of nitrogens with zero attached hydrogens (tertiary/aromatic N) is 1. The number of aromatic nitrogens is 2. The van der Waals surface area contributed by atoms with Gasteiger partial charge in [-0.3, -0.25) is 18.9 Å². The van der Waals surface area contributed by atoms with Gasteiger partial charge in [0.15, 0.2) is 11.6 Å². The normalized spacial score (nSPS) is 32.9. The summed E-state index contributed by atoms with van der Waals surface area (Å²) in [7, 11) is -4.21. The van der Waals surface area contributed by atoms with E-state index in [2.05, 4.69) is 4.98 Å². The third-order valence-corrected chi connectivity index (χ3v) is 7.67. The van der Waals surface area contributed by atoms with Crippen LogP contribution in [-0.4, -0.2) is 49.0 Å². The maximum Gasteiger partial charge on any atom is 0.356 e. The van der Waals surface area contributed by atoms with Crippen LogP contribution < -0.4 is 11.2 Å². The minimum absolute atomic E-state index is 0.139. The van der Waals surface area contributed by atoms with E-state index in [1.54, 1.807) is 20.8 Å². The lowest BCUT2D eigenvalue weighted by Crippen LogP contribution is -2.36. The van der Waals surface area contributed by atoms with Gasteiger partial charge in [0, 0.05) is 12.3 Å². The second-order valence-electron chi connectivity index (χ2n) is 8.94. The Labute approximate surface area is 174 Å². The molecule has 0 amide bonds. The maximum atomic E-state index is 12.4. The van der Waals surface area contributed by atoms with Crippen LogP contribution in [0, 0.1) is 5.92 Å². The van der Waals surface area contributed by atoms with Gasteiger partial charge < -0.3 is 24.0 Å². The average molecular weight is 446 g/mol. The molecule has 1 aliphatic heterocycles. The monoisotopic (exact) mass is 446 g/mol. The second-order valence-corrected chi connectivity index (χ2v) is 11.0. The molecule has 0 aromatic carbocycles. The molecule has 1 saturated heterocycles. The molecule has 1 aliphatic carbocycles. The van der Waals surface area contributed by atoms with Crippen LogP contribution in [0.2, 0.25) is 0 Å². The van der Waals surface area contributed by atoms with Crippen molar-refractivity contribution < 1.29 is 28.6 Å². The van der Waals surface area contributed by atoms with Crippen molar-refractivity contribution in [2.45, 2.75) is 89.4 Å². The first-order chi connectivity index (χ1) is 13.8. The molecule has 0 bridgehead atoms. The molecule has 3 unspecified atom stereocenters. The van der Waals surface area contributed by atoms with Crippen molar-refractivity contribution in [1.29, 1.82) is 0 Å². The van der Waals surface area contributed by atoms with Crippen LogP contribution >= 0.6 is 7.60 Å². The highest BCUT2D eigenvalue weighted by molar-refractivity contribution is 7.53. The van der Waals surface area contributed by atoms with Crippen LogP contribution in [0.4, 0.5) is 0 Å². The fourth-order valence-electron chi connectivity index (χ4n) is 4.41. The molecule has 0 spiro atoms. The SMILES string of the molecule is CCC(C)(C[C@H]1C[C@@H](n2ccc(=O)[nH]c2=O)[C@@H]2OC(C)(C)O[C@H]12)OP(=O)(O)C(C)O. The highest BCUT2D eigenvalue weighted by atomic mass is 31.2. The first-order valence-corrected chi connectivity index (χ1v) is 11.8. The minimum Gasteiger partial charge on any atom is -0.381 e. The topological polar surface area (TPSA) is 140 Å². The van der Waals surface area contributed by atoms with Gasteiger partial charge in [0.05, 0.1) is 17.7 Å². The van der Waals surface area contributed by atoms with Crippen molar-refractivity contribution in [3.05, 3.63) is 33.1 Å². The fourth-order valence-corrected chi connectivity index (χ4v) is 5.40. The molecule has 0 radical (unpaired) electrons. The van der Waals surface area contributed by atoms with Crippen molar-refractivity contribution in [3.8, 4) is 0 Å². The molecule has 1 aromatic heterocycles. The molecule has 2 aliphatic rings. The van der Waals surface area contributed by atoms with Crippen LogP contribution in [0.3, 0.4) is 0 Å². The lowest BCUT2D eigenvalue weighted by atomic mass is 9.87. The molecule has 7 atom stereocenters. The van der Waals surface area contributed by atoms with Crippen molar-refractivity contribution in [2.75, 3.05) is 0 Å². The van der Waals surface area contributed by atoms with E-state index in [4.69, 9.17) is 14.0 Å². The number of fused-ring (bicyclic) bond motifs is 1. The molecule has 1 aromatic rings. The lowest BCUT2D eigenvalue weighted by Gasteiger charge is -2.35. The van der Waals surface area contributed by atoms with Crippen LogP contribution in [0.15, 0.2) is 21.9 Å². The quantitative estimate of drug-likeness (QED) is 0.538. The van der Waals surface area contributed by atoms with Gasteiger partial charge in [0.25, 0.3) is 5.56 Å². The Hall–Kier alpha value is -1.29. The lowest BCUT2D eigenvalue weighted by molar-refractivity contribution is -0.162. The summed E-state index contributed by atoms with van der Waals surface area (Å²) >= 11 is 0. The highest BCUT2D eigenvalue weighted by Crippen LogP contribution is 2.54. The molecule has 3 N–H and O–H groups in total. The molecule has 170 valence electrons. The zero-order valence-corrected chi connectivity index (χ0v) is 18.8. The summed E-state index contributed by atoms with van der Waals surface area (Å²) in [6.45, 7) is 8.37.